The van der Waals surface area contributed by atoms with E-state index in [9.17, 15) is 21.6 Å². The monoisotopic (exact) mass is 582 g/mol. The molecule has 0 bridgehead atoms. The molecular formula is C22H23Cl2F3N4O3S2. The molecule has 0 radical (unpaired) electrons. The third kappa shape index (κ3) is 7.69. The number of rotatable bonds is 9. The quantitative estimate of drug-likeness (QED) is 0.160. The van der Waals surface area contributed by atoms with E-state index in [1.165, 1.54) is 29.5 Å². The molecule has 0 saturated carbocycles. The average molecular weight is 583 g/mol. The van der Waals surface area contributed by atoms with Gasteiger partial charge in [-0.25, -0.2) is 18.4 Å². The van der Waals surface area contributed by atoms with Crippen molar-refractivity contribution in [3.8, 4) is 11.3 Å². The second-order valence-corrected chi connectivity index (χ2v) is 11.4. The first-order chi connectivity index (χ1) is 16.9. The van der Waals surface area contributed by atoms with Crippen LogP contribution in [0, 0.1) is 0 Å². The highest BCUT2D eigenvalue weighted by atomic mass is 35.5. The van der Waals surface area contributed by atoms with Crippen LogP contribution >= 0.6 is 34.5 Å². The van der Waals surface area contributed by atoms with Crippen molar-refractivity contribution in [1.29, 1.82) is 0 Å². The number of ether oxygens (including phenoxy) is 1. The molecule has 0 atom stereocenters. The Labute approximate surface area is 220 Å². The predicted molar refractivity (Wildman–Crippen MR) is 139 cm³/mol. The van der Waals surface area contributed by atoms with Crippen molar-refractivity contribution in [3.63, 3.8) is 0 Å². The Kier molecular flexibility index (Phi) is 9.44. The molecular weight excluding hydrogens is 560 g/mol. The summed E-state index contributed by atoms with van der Waals surface area (Å²) in [6, 6.07) is 4.51. The van der Waals surface area contributed by atoms with Gasteiger partial charge < -0.3 is 10.5 Å². The Balaban J connectivity index is 2.08. The van der Waals surface area contributed by atoms with Gasteiger partial charge in [-0.15, -0.1) is 11.3 Å². The number of nitrogens with zero attached hydrogens (tertiary/aromatic N) is 2. The molecule has 14 heteroatoms. The molecule has 3 N–H and O–H groups in total. The lowest BCUT2D eigenvalue weighted by molar-refractivity contribution is -0.129. The molecule has 0 unspecified atom stereocenters. The van der Waals surface area contributed by atoms with Gasteiger partial charge in [-0.05, 0) is 36.6 Å². The van der Waals surface area contributed by atoms with E-state index >= 15 is 0 Å². The Hall–Kier alpha value is -2.12. The van der Waals surface area contributed by atoms with E-state index in [2.05, 4.69) is 16.3 Å². The van der Waals surface area contributed by atoms with Gasteiger partial charge in [0.25, 0.3) is 0 Å². The maximum absolute atomic E-state index is 12.5. The molecule has 1 fully saturated rings. The molecule has 2 heterocycles. The smallest absolute Gasteiger partial charge is 0.381 e. The first kappa shape index (κ1) is 28.5. The van der Waals surface area contributed by atoms with E-state index in [0.717, 1.165) is 17.8 Å². The van der Waals surface area contributed by atoms with Crippen molar-refractivity contribution >= 4 is 61.2 Å². The van der Waals surface area contributed by atoms with Gasteiger partial charge in [0, 0.05) is 24.7 Å². The van der Waals surface area contributed by atoms with Crippen LogP contribution in [-0.2, 0) is 14.8 Å². The first-order valence-corrected chi connectivity index (χ1v) is 13.9. The minimum absolute atomic E-state index is 0.0288. The second kappa shape index (κ2) is 12.0. The van der Waals surface area contributed by atoms with Gasteiger partial charge in [0.15, 0.2) is 5.29 Å². The lowest BCUT2D eigenvalue weighted by Crippen LogP contribution is -2.22. The van der Waals surface area contributed by atoms with Crippen molar-refractivity contribution in [1.82, 2.24) is 4.98 Å². The van der Waals surface area contributed by atoms with Crippen LogP contribution in [0.1, 0.15) is 35.1 Å². The molecule has 1 aromatic carbocycles. The molecule has 2 aromatic rings. The number of aliphatic imine (C=N–C) groups is 1. The van der Waals surface area contributed by atoms with Crippen LogP contribution in [0.3, 0.4) is 0 Å². The number of benzene rings is 1. The number of sulfonamides is 1. The molecule has 196 valence electrons. The Morgan fingerprint density at radius 2 is 2.06 bits per heavy atom. The summed E-state index contributed by atoms with van der Waals surface area (Å²) < 4.78 is 69.8. The number of aromatic nitrogens is 1. The van der Waals surface area contributed by atoms with Gasteiger partial charge in [-0.1, -0.05) is 36.4 Å². The lowest BCUT2D eigenvalue weighted by atomic mass is 10.0. The van der Waals surface area contributed by atoms with Crippen LogP contribution in [0.25, 0.3) is 17.0 Å². The molecule has 3 rings (SSSR count). The number of amidine groups is 1. The summed E-state index contributed by atoms with van der Waals surface area (Å²) in [5, 5.41) is 0.556. The SMILES string of the molecule is C=C/C=C(\N=C(/N)Cl)c1sc(C2CCOCC2)nc1-c1cccc(NS(=O)(=O)CCC(F)(F)F)c1Cl. The van der Waals surface area contributed by atoms with Crippen molar-refractivity contribution < 1.29 is 26.3 Å². The number of halogens is 5. The van der Waals surface area contributed by atoms with Crippen LogP contribution in [0.2, 0.25) is 5.02 Å². The van der Waals surface area contributed by atoms with E-state index in [-0.39, 0.29) is 21.9 Å². The summed E-state index contributed by atoms with van der Waals surface area (Å²) in [5.74, 6) is -1.01. The van der Waals surface area contributed by atoms with Crippen molar-refractivity contribution in [2.24, 2.45) is 10.7 Å². The Morgan fingerprint density at radius 1 is 1.36 bits per heavy atom. The number of thiazole rings is 1. The van der Waals surface area contributed by atoms with Crippen LogP contribution in [0.4, 0.5) is 18.9 Å². The fourth-order valence-corrected chi connectivity index (χ4v) is 6.20. The first-order valence-electron chi connectivity index (χ1n) is 10.7. The molecule has 1 saturated heterocycles. The van der Waals surface area contributed by atoms with E-state index < -0.39 is 28.4 Å². The topological polar surface area (TPSA) is 107 Å². The lowest BCUT2D eigenvalue weighted by Gasteiger charge is -2.19. The zero-order valence-electron chi connectivity index (χ0n) is 18.8. The second-order valence-electron chi connectivity index (χ2n) is 7.79. The Morgan fingerprint density at radius 3 is 2.67 bits per heavy atom. The van der Waals surface area contributed by atoms with Gasteiger partial charge in [-0.3, -0.25) is 4.72 Å². The van der Waals surface area contributed by atoms with Crippen molar-refractivity contribution in [2.45, 2.75) is 31.4 Å². The molecule has 1 aliphatic heterocycles. The van der Waals surface area contributed by atoms with Gasteiger partial charge in [-0.2, -0.15) is 13.2 Å². The largest absolute Gasteiger partial charge is 0.390 e. The standard InChI is InChI=1S/C22H23Cl2F3N4O3S2/c1-2-4-16(29-21(24)28)19-18(30-20(35-19)13-7-10-34-11-8-13)14-5-3-6-15(17(14)23)31-36(32,33)12-9-22(25,26)27/h2-6,13,31H,1,7-12H2,(H2,28,29)/b16-4-. The van der Waals surface area contributed by atoms with Crippen LogP contribution in [0.15, 0.2) is 41.9 Å². The fraction of sp³-hybridized carbons (Fsp3) is 0.364. The van der Waals surface area contributed by atoms with Crippen LogP contribution < -0.4 is 10.5 Å². The minimum atomic E-state index is -4.62. The summed E-state index contributed by atoms with van der Waals surface area (Å²) in [7, 11) is -4.32. The van der Waals surface area contributed by atoms with E-state index in [0.29, 0.717) is 35.0 Å². The maximum Gasteiger partial charge on any atom is 0.390 e. The minimum Gasteiger partial charge on any atom is -0.381 e. The van der Waals surface area contributed by atoms with Gasteiger partial charge in [0.1, 0.15) is 0 Å². The van der Waals surface area contributed by atoms with E-state index in [4.69, 9.17) is 38.7 Å². The van der Waals surface area contributed by atoms with E-state index in [1.807, 2.05) is 0 Å². The summed E-state index contributed by atoms with van der Waals surface area (Å²) in [6.07, 6.45) is -1.48. The molecule has 36 heavy (non-hydrogen) atoms. The molecule has 1 aliphatic rings. The highest BCUT2D eigenvalue weighted by molar-refractivity contribution is 7.92. The maximum atomic E-state index is 12.5. The molecule has 0 amide bonds. The third-order valence-corrected chi connectivity index (χ3v) is 8.13. The predicted octanol–water partition coefficient (Wildman–Crippen LogP) is 6.13. The zero-order valence-corrected chi connectivity index (χ0v) is 22.0. The molecule has 0 spiro atoms. The normalized spacial score (nSPS) is 16.2. The third-order valence-electron chi connectivity index (χ3n) is 5.12. The molecule has 1 aromatic heterocycles. The number of alkyl halides is 3. The molecule has 7 nitrogen and oxygen atoms in total. The summed E-state index contributed by atoms with van der Waals surface area (Å²) in [6.45, 7) is 4.87. The van der Waals surface area contributed by atoms with E-state index in [1.54, 1.807) is 12.1 Å². The van der Waals surface area contributed by atoms with Gasteiger partial charge >= 0.3 is 6.18 Å². The average Bonchev–Trinajstić information content (AvgIpc) is 3.24. The number of hydrogen-bond acceptors (Lipinski definition) is 6. The number of nitrogens with one attached hydrogen (secondary N) is 1. The van der Waals surface area contributed by atoms with Crippen molar-refractivity contribution in [2.75, 3.05) is 23.7 Å². The van der Waals surface area contributed by atoms with Crippen LogP contribution in [0.5, 0.6) is 0 Å². The van der Waals surface area contributed by atoms with Crippen molar-refractivity contribution in [3.05, 3.63) is 51.8 Å². The highest BCUT2D eigenvalue weighted by Crippen LogP contribution is 2.43. The highest BCUT2D eigenvalue weighted by Gasteiger charge is 2.30. The number of allylic oxidation sites excluding steroid dienone is 2. The zero-order chi connectivity index (χ0) is 26.5. The summed E-state index contributed by atoms with van der Waals surface area (Å²) in [5.41, 5.74) is 6.66. The summed E-state index contributed by atoms with van der Waals surface area (Å²) >= 11 is 13.8. The Bertz CT molecular complexity index is 1270. The van der Waals surface area contributed by atoms with Gasteiger partial charge in [0.2, 0.25) is 10.0 Å². The van der Waals surface area contributed by atoms with Crippen LogP contribution in [-0.4, -0.2) is 43.8 Å². The summed E-state index contributed by atoms with van der Waals surface area (Å²) in [4.78, 5) is 9.55. The molecule has 0 aliphatic carbocycles. The van der Waals surface area contributed by atoms with Gasteiger partial charge in [0.05, 0.1) is 44.2 Å². The fourth-order valence-electron chi connectivity index (χ4n) is 3.46. The number of nitrogens with two attached hydrogens (primary N) is 1. The number of anilines is 1. The number of hydrogen-bond donors (Lipinski definition) is 2.